The summed E-state index contributed by atoms with van der Waals surface area (Å²) in [7, 11) is 0. The second-order valence-corrected chi connectivity index (χ2v) is 5.73. The van der Waals surface area contributed by atoms with Crippen LogP contribution in [0.4, 0.5) is 0 Å². The van der Waals surface area contributed by atoms with E-state index in [1.807, 2.05) is 18.2 Å². The lowest BCUT2D eigenvalue weighted by atomic mass is 9.88. The highest BCUT2D eigenvalue weighted by Gasteiger charge is 2.23. The maximum atomic E-state index is 10.1. The van der Waals surface area contributed by atoms with E-state index in [9.17, 15) is 10.2 Å². The molecule has 0 saturated carbocycles. The minimum absolute atomic E-state index is 0.796. The van der Waals surface area contributed by atoms with Crippen molar-refractivity contribution in [1.82, 2.24) is 0 Å². The summed E-state index contributed by atoms with van der Waals surface area (Å²) in [4.78, 5) is 0. The van der Waals surface area contributed by atoms with Gasteiger partial charge >= 0.3 is 0 Å². The van der Waals surface area contributed by atoms with Crippen LogP contribution in [0.15, 0.2) is 48.5 Å². The zero-order valence-electron chi connectivity index (χ0n) is 11.7. The summed E-state index contributed by atoms with van der Waals surface area (Å²) in [6.45, 7) is 2.12. The lowest BCUT2D eigenvalue weighted by Gasteiger charge is -2.23. The summed E-state index contributed by atoms with van der Waals surface area (Å²) < 4.78 is 0. The van der Waals surface area contributed by atoms with E-state index in [2.05, 4.69) is 37.3 Å². The highest BCUT2D eigenvalue weighted by atomic mass is 16.3. The number of aliphatic hydroxyl groups excluding tert-OH is 2. The highest BCUT2D eigenvalue weighted by molar-refractivity contribution is 6.03. The summed E-state index contributed by atoms with van der Waals surface area (Å²) in [6.07, 6.45) is 1.91. The van der Waals surface area contributed by atoms with Crippen molar-refractivity contribution in [2.75, 3.05) is 0 Å². The summed E-state index contributed by atoms with van der Waals surface area (Å²) in [5.74, 6) is 0. The predicted molar refractivity (Wildman–Crippen MR) is 86.2 cm³/mol. The van der Waals surface area contributed by atoms with E-state index in [4.69, 9.17) is 0 Å². The van der Waals surface area contributed by atoms with Crippen molar-refractivity contribution in [2.24, 2.45) is 0 Å². The summed E-state index contributed by atoms with van der Waals surface area (Å²) in [6, 6.07) is 14.6. The molecular formula is C19H16O2. The Morgan fingerprint density at radius 3 is 2.52 bits per heavy atom. The second-order valence-electron chi connectivity index (χ2n) is 5.73. The van der Waals surface area contributed by atoms with Gasteiger partial charge in [0.15, 0.2) is 0 Å². The molecule has 4 rings (SSSR count). The molecule has 0 saturated heterocycles. The van der Waals surface area contributed by atoms with Gasteiger partial charge in [-0.15, -0.1) is 0 Å². The maximum absolute atomic E-state index is 10.1. The van der Waals surface area contributed by atoms with Crippen molar-refractivity contribution < 1.29 is 10.2 Å². The van der Waals surface area contributed by atoms with Crippen LogP contribution in [-0.2, 0) is 0 Å². The summed E-state index contributed by atoms with van der Waals surface area (Å²) in [5, 5.41) is 24.6. The molecule has 0 amide bonds. The smallest absolute Gasteiger partial charge is 0.109 e. The van der Waals surface area contributed by atoms with Crippen LogP contribution in [0, 0.1) is 6.92 Å². The molecule has 0 aromatic heterocycles. The van der Waals surface area contributed by atoms with Crippen LogP contribution in [0.3, 0.4) is 0 Å². The van der Waals surface area contributed by atoms with Crippen molar-refractivity contribution >= 4 is 27.6 Å². The van der Waals surface area contributed by atoms with Gasteiger partial charge in [0.2, 0.25) is 0 Å². The molecule has 104 valence electrons. The zero-order chi connectivity index (χ0) is 14.6. The van der Waals surface area contributed by atoms with E-state index in [0.717, 1.165) is 21.9 Å². The molecule has 2 atom stereocenters. The number of fused-ring (bicyclic) bond motifs is 4. The molecule has 0 aliphatic heterocycles. The van der Waals surface area contributed by atoms with Gasteiger partial charge in [-0.25, -0.2) is 0 Å². The molecule has 0 radical (unpaired) electrons. The molecule has 21 heavy (non-hydrogen) atoms. The van der Waals surface area contributed by atoms with E-state index in [0.29, 0.717) is 0 Å². The standard InChI is InChI=1S/C19H16O2/c1-11-3-2-4-12-10-17-13(9-16(11)12)5-6-15-14(17)7-8-18(20)19(15)21/h2-10,18-21H,1H3/t18-,19-/m0/s1. The average molecular weight is 276 g/mol. The third kappa shape index (κ3) is 1.80. The Morgan fingerprint density at radius 1 is 0.905 bits per heavy atom. The number of hydrogen-bond acceptors (Lipinski definition) is 2. The van der Waals surface area contributed by atoms with Crippen molar-refractivity contribution in [3.63, 3.8) is 0 Å². The van der Waals surface area contributed by atoms with E-state index < -0.39 is 12.2 Å². The molecule has 1 aliphatic rings. The van der Waals surface area contributed by atoms with Crippen LogP contribution < -0.4 is 0 Å². The Labute approximate surface area is 123 Å². The van der Waals surface area contributed by atoms with Gasteiger partial charge in [-0.3, -0.25) is 0 Å². The van der Waals surface area contributed by atoms with E-state index in [1.165, 1.54) is 16.3 Å². The summed E-state index contributed by atoms with van der Waals surface area (Å²) >= 11 is 0. The first-order valence-electron chi connectivity index (χ1n) is 7.15. The molecule has 2 nitrogen and oxygen atoms in total. The lowest BCUT2D eigenvalue weighted by Crippen LogP contribution is -2.19. The number of hydrogen-bond donors (Lipinski definition) is 2. The average Bonchev–Trinajstić information content (AvgIpc) is 2.49. The predicted octanol–water partition coefficient (Wildman–Crippen LogP) is 3.72. The van der Waals surface area contributed by atoms with Gasteiger partial charge in [0.25, 0.3) is 0 Å². The molecule has 3 aromatic rings. The molecular weight excluding hydrogens is 260 g/mol. The van der Waals surface area contributed by atoms with Crippen LogP contribution in [0.5, 0.6) is 0 Å². The van der Waals surface area contributed by atoms with Gasteiger partial charge < -0.3 is 10.2 Å². The number of rotatable bonds is 0. The Morgan fingerprint density at radius 2 is 1.67 bits per heavy atom. The fourth-order valence-electron chi connectivity index (χ4n) is 3.22. The first-order valence-corrected chi connectivity index (χ1v) is 7.15. The molecule has 1 aliphatic carbocycles. The normalized spacial score (nSPS) is 20.9. The Balaban J connectivity index is 2.10. The minimum Gasteiger partial charge on any atom is -0.386 e. The van der Waals surface area contributed by atoms with Crippen molar-refractivity contribution in [2.45, 2.75) is 19.1 Å². The monoisotopic (exact) mass is 276 g/mol. The van der Waals surface area contributed by atoms with Crippen LogP contribution in [-0.4, -0.2) is 16.3 Å². The fourth-order valence-corrected chi connectivity index (χ4v) is 3.22. The Hall–Kier alpha value is -2.16. The molecule has 2 N–H and O–H groups in total. The Kier molecular flexibility index (Phi) is 2.64. The van der Waals surface area contributed by atoms with Gasteiger partial charge in [0.05, 0.1) is 0 Å². The SMILES string of the molecule is Cc1cccc2cc3c4c(ccc3cc12)[C@H](O)[C@@H](O)C=C4. The number of aliphatic hydroxyl groups is 2. The van der Waals surface area contributed by atoms with Crippen molar-refractivity contribution in [1.29, 1.82) is 0 Å². The maximum Gasteiger partial charge on any atom is 0.109 e. The third-order valence-corrected chi connectivity index (χ3v) is 4.41. The van der Waals surface area contributed by atoms with Gasteiger partial charge in [-0.05, 0) is 57.3 Å². The molecule has 0 fully saturated rings. The first kappa shape index (κ1) is 12.6. The van der Waals surface area contributed by atoms with Gasteiger partial charge in [0.1, 0.15) is 12.2 Å². The fraction of sp³-hybridized carbons (Fsp3) is 0.158. The second kappa shape index (κ2) is 4.42. The minimum atomic E-state index is -0.845. The van der Waals surface area contributed by atoms with Crippen molar-refractivity contribution in [3.8, 4) is 0 Å². The van der Waals surface area contributed by atoms with Gasteiger partial charge in [-0.2, -0.15) is 0 Å². The number of aryl methyl sites for hydroxylation is 1. The first-order chi connectivity index (χ1) is 10.1. The van der Waals surface area contributed by atoms with Crippen LogP contribution in [0.25, 0.3) is 27.6 Å². The van der Waals surface area contributed by atoms with E-state index >= 15 is 0 Å². The largest absolute Gasteiger partial charge is 0.386 e. The highest BCUT2D eigenvalue weighted by Crippen LogP contribution is 2.35. The van der Waals surface area contributed by atoms with Crippen molar-refractivity contribution in [3.05, 3.63) is 65.2 Å². The molecule has 2 heteroatoms. The molecule has 0 heterocycles. The molecule has 0 unspecified atom stereocenters. The van der Waals surface area contributed by atoms with Crippen LogP contribution in [0.1, 0.15) is 22.8 Å². The third-order valence-electron chi connectivity index (χ3n) is 4.41. The van der Waals surface area contributed by atoms with E-state index in [1.54, 1.807) is 6.08 Å². The lowest BCUT2D eigenvalue weighted by molar-refractivity contribution is 0.0471. The zero-order valence-corrected chi connectivity index (χ0v) is 11.7. The topological polar surface area (TPSA) is 40.5 Å². The van der Waals surface area contributed by atoms with Gasteiger partial charge in [-0.1, -0.05) is 42.5 Å². The van der Waals surface area contributed by atoms with Crippen LogP contribution >= 0.6 is 0 Å². The number of benzene rings is 3. The summed E-state index contributed by atoms with van der Waals surface area (Å²) in [5.41, 5.74) is 3.07. The van der Waals surface area contributed by atoms with Gasteiger partial charge in [0, 0.05) is 0 Å². The molecule has 0 bridgehead atoms. The molecule has 0 spiro atoms. The van der Waals surface area contributed by atoms with Crippen LogP contribution in [0.2, 0.25) is 0 Å². The molecule has 3 aromatic carbocycles. The quantitative estimate of drug-likeness (QED) is 0.614. The van der Waals surface area contributed by atoms with E-state index in [-0.39, 0.29) is 0 Å². The Bertz CT molecular complexity index is 893.